The molecule has 35 nitrogen and oxygen atoms in total. The molecule has 15 amide bonds. The van der Waals surface area contributed by atoms with Crippen LogP contribution in [0.25, 0.3) is 0 Å². The Balaban J connectivity index is 0.000000104. The molecular weight excluding hydrogens is 1870 g/mol. The molecule has 0 aromatic heterocycles. The molecule has 784 valence electrons. The van der Waals surface area contributed by atoms with Crippen LogP contribution in [0, 0.1) is 11.8 Å². The molecule has 5 aromatic rings. The smallest absolute Gasteiger partial charge is 0.325 e. The van der Waals surface area contributed by atoms with E-state index in [0.717, 1.165) is 140 Å². The maximum absolute atomic E-state index is 13.3. The number of phenolic OH excluding ortho intramolecular Hbond substituents is 5. The number of urea groups is 5. The number of amides is 15. The third-order valence-electron chi connectivity index (χ3n) is 41.0. The Labute approximate surface area is 848 Å². The minimum absolute atomic E-state index is 0.00673. The SMILES string of the molecule is CC(C)CCN1CC[C@]23C[C@]4(CC[C@@]2(O)[C@H]1Cc1ccc(O)cc13)NC(=O)NC4=O.CCN1C(=O)N[C@]2(CC[C@@]3(O)[C@H]4Cc5ccc(O)cc5[C@@]3(CCN4CC)C2)C1=O.CCN1CC[C@]23C[C@]4(CC[C@@]2(O)[C@H]1Cc1ccc(O)cc13)NC(=O)NC4=O.O=C1NC(=O)[C@@]2(CC[C@@]3(O)[C@H]4Cc5ccc(O)cc5[C@@]3(CCN4CC3CCCCC3)C2)N1.O=C1NC(=O)[C@@]2(CC[C@@]3(O)[C@H]4Cc5ccc(O)cc5[C@@]3(CCN4CCF)C2)N1. The summed E-state index contributed by atoms with van der Waals surface area (Å²) in [5.41, 5.74) is -3.43. The predicted molar refractivity (Wildman–Crippen MR) is 531 cm³/mol. The van der Waals surface area contributed by atoms with Gasteiger partial charge in [-0.2, -0.15) is 0 Å². The average Bonchev–Trinajstić information content (AvgIpc) is 1.09. The first-order valence-electron chi connectivity index (χ1n) is 53.7. The van der Waals surface area contributed by atoms with Crippen LogP contribution in [0.15, 0.2) is 91.0 Å². The molecule has 146 heavy (non-hydrogen) atoms. The van der Waals surface area contributed by atoms with Gasteiger partial charge in [0.15, 0.2) is 0 Å². The molecule has 19 N–H and O–H groups in total. The lowest BCUT2D eigenvalue weighted by Crippen LogP contribution is -2.76. The van der Waals surface area contributed by atoms with Gasteiger partial charge in [0.05, 0.1) is 28.0 Å². The van der Waals surface area contributed by atoms with E-state index >= 15 is 0 Å². The van der Waals surface area contributed by atoms with E-state index in [1.54, 1.807) is 67.6 Å². The van der Waals surface area contributed by atoms with Crippen LogP contribution >= 0.6 is 0 Å². The number of phenols is 5. The molecule has 26 rings (SSSR count). The van der Waals surface area contributed by atoms with Crippen molar-refractivity contribution in [3.63, 3.8) is 0 Å². The lowest BCUT2D eigenvalue weighted by atomic mass is 9.46. The third-order valence-corrected chi connectivity index (χ3v) is 41.0. The molecule has 10 saturated heterocycles. The second-order valence-corrected chi connectivity index (χ2v) is 47.7. The van der Waals surface area contributed by atoms with Crippen molar-refractivity contribution in [3.8, 4) is 28.7 Å². The number of aliphatic hydroxyl groups is 5. The van der Waals surface area contributed by atoms with E-state index in [4.69, 9.17) is 0 Å². The fourth-order valence-corrected chi connectivity index (χ4v) is 34.0. The Morgan fingerprint density at radius 1 is 0.336 bits per heavy atom. The molecule has 16 fully saturated rings. The van der Waals surface area contributed by atoms with Gasteiger partial charge in [-0.3, -0.25) is 74.6 Å². The Kier molecular flexibility index (Phi) is 24.1. The Morgan fingerprint density at radius 3 is 0.884 bits per heavy atom. The van der Waals surface area contributed by atoms with E-state index in [1.165, 1.54) is 37.0 Å². The van der Waals surface area contributed by atoms with Crippen molar-refractivity contribution in [2.24, 2.45) is 11.8 Å². The number of hydrogen-bond acceptors (Lipinski definition) is 25. The summed E-state index contributed by atoms with van der Waals surface area (Å²) < 4.78 is 13.2. The van der Waals surface area contributed by atoms with Gasteiger partial charge in [0, 0.05) is 76.9 Å². The lowest BCUT2D eigenvalue weighted by molar-refractivity contribution is -0.182. The number of halogens is 1. The highest BCUT2D eigenvalue weighted by Gasteiger charge is 2.77. The average molecular weight is 2010 g/mol. The zero-order valence-electron chi connectivity index (χ0n) is 84.2. The molecule has 5 aromatic carbocycles. The van der Waals surface area contributed by atoms with Crippen LogP contribution in [0.1, 0.15) is 257 Å². The first-order chi connectivity index (χ1) is 69.5. The number of piperidine rings is 5. The highest BCUT2D eigenvalue weighted by Crippen LogP contribution is 2.68. The van der Waals surface area contributed by atoms with Crippen molar-refractivity contribution in [1.82, 2.24) is 77.3 Å². The van der Waals surface area contributed by atoms with Crippen LogP contribution in [0.3, 0.4) is 0 Å². The largest absolute Gasteiger partial charge is 0.508 e. The molecule has 36 heteroatoms. The number of likely N-dealkylation sites (N-methyl/N-ethyl adjacent to an activating group) is 3. The summed E-state index contributed by atoms with van der Waals surface area (Å²) in [4.78, 5) is 137. The molecule has 21 aliphatic rings. The van der Waals surface area contributed by atoms with Gasteiger partial charge in [0.25, 0.3) is 29.5 Å². The fraction of sp³-hybridized carbons (Fsp3) is 0.636. The normalized spacial score (nSPS) is 39.0. The number of benzene rings is 5. The number of aromatic hydroxyl groups is 5. The Bertz CT molecular complexity index is 6230. The Morgan fingerprint density at radius 2 is 0.610 bits per heavy atom. The number of nitrogens with one attached hydrogen (secondary N) is 9. The van der Waals surface area contributed by atoms with Gasteiger partial charge >= 0.3 is 30.2 Å². The molecule has 0 unspecified atom stereocenters. The fourth-order valence-electron chi connectivity index (χ4n) is 34.0. The molecular formula is C110H142FN15O20. The first-order valence-corrected chi connectivity index (χ1v) is 53.7. The summed E-state index contributed by atoms with van der Waals surface area (Å²) in [6.07, 6.45) is 20.3. The predicted octanol–water partition coefficient (Wildman–Crippen LogP) is 7.14. The second-order valence-electron chi connectivity index (χ2n) is 47.7. The van der Waals surface area contributed by atoms with Crippen molar-refractivity contribution in [1.29, 1.82) is 0 Å². The number of carbonyl (C=O) groups excluding carboxylic acids is 10. The third kappa shape index (κ3) is 14.6. The van der Waals surface area contributed by atoms with E-state index in [2.05, 4.69) is 95.1 Å². The first kappa shape index (κ1) is 99.9. The number of rotatable bonds is 10. The van der Waals surface area contributed by atoms with Crippen LogP contribution in [0.5, 0.6) is 28.7 Å². The van der Waals surface area contributed by atoms with Crippen LogP contribution < -0.4 is 47.9 Å². The molecule has 6 saturated carbocycles. The van der Waals surface area contributed by atoms with E-state index in [-0.39, 0.29) is 107 Å². The van der Waals surface area contributed by atoms with Crippen molar-refractivity contribution in [2.45, 2.75) is 347 Å². The second kappa shape index (κ2) is 35.2. The van der Waals surface area contributed by atoms with Crippen molar-refractivity contribution < 1.29 is 103 Å². The highest BCUT2D eigenvalue weighted by atomic mass is 19.1. The van der Waals surface area contributed by atoms with E-state index in [9.17, 15) is 103 Å². The summed E-state index contributed by atoms with van der Waals surface area (Å²) in [5, 5.41) is 136. The number of hydrogen-bond donors (Lipinski definition) is 19. The summed E-state index contributed by atoms with van der Waals surface area (Å²) in [7, 11) is 0. The van der Waals surface area contributed by atoms with Crippen LogP contribution in [0.2, 0.25) is 0 Å². The minimum atomic E-state index is -1.15. The lowest BCUT2D eigenvalue weighted by Gasteiger charge is -2.66. The maximum atomic E-state index is 13.3. The van der Waals surface area contributed by atoms with E-state index in [0.29, 0.717) is 153 Å². The molecule has 10 bridgehead atoms. The highest BCUT2D eigenvalue weighted by molar-refractivity contribution is 6.10. The summed E-state index contributed by atoms with van der Waals surface area (Å²) in [5.74, 6) is 0.672. The van der Waals surface area contributed by atoms with Gasteiger partial charge in [-0.1, -0.05) is 77.3 Å². The molecule has 0 radical (unpaired) electrons. The van der Waals surface area contributed by atoms with Gasteiger partial charge in [-0.05, 0) is 367 Å². The standard InChI is InChI=1S/C25H33N3O4.C23H31N3O4.C22H29N3O4.C20H24FN3O4.C20H25N3O4/c29-18-7-6-17-12-20-25(32)9-8-24(21(30)26-22(31)27-24)15-23(25,19(17)13-18)10-11-28(20)14-16-4-2-1-3-5-16;1-14(2)5-9-26-10-8-21-13-22(19(28)24-20(29)25-22)6-7-23(21,30)18(26)11-15-3-4-16(27)12-17(15)21;1-3-24-10-9-20-13-21(18(27)25(4-2)19(28)23-21)7-8-22(20,29)17(24)11-14-5-6-15(26)12-16(14)20;21-6-8-24-7-5-18-11-19(16(26)22-17(27)23-19)3-4-20(18,28)15(24)9-12-1-2-13(25)10-14(12)18;1-2-23-8-7-18-11-19(16(25)21-17(26)22-19)5-6-20(18,27)15(23)9-12-3-4-13(24)10-14(12)18/h6-7,13,16,20,29,32H,1-5,8-12,14-15H2,(H2,26,27,30,31);3-4,12,14,18,27,30H,5-11,13H2,1-2H3,(H2,24,25,28,29);5-6,12,17,26,29H,3-4,7-11,13H2,1-2H3,(H,23,28);1-2,10,15,25,28H,3-9,11H2,(H2,22,23,26,27);3-4,10,15,24,27H,2,5-9,11H2,1H3,(H2,21,22,25,26)/t20-,23-,24+,25-;18-,21-,22+,23-;17-,20-,21+,22-;2*15-,18-,19+,20-/m11111/s1. The van der Waals surface area contributed by atoms with Crippen LogP contribution in [-0.2, 0) is 83.2 Å². The van der Waals surface area contributed by atoms with Crippen molar-refractivity contribution >= 4 is 59.7 Å². The number of alkyl halides is 1. The van der Waals surface area contributed by atoms with Gasteiger partial charge < -0.3 is 77.6 Å². The molecule has 5 spiro atoms. The number of imide groups is 5. The van der Waals surface area contributed by atoms with Crippen molar-refractivity contribution in [2.75, 3.05) is 78.7 Å². The van der Waals surface area contributed by atoms with Gasteiger partial charge in [0.2, 0.25) is 0 Å². The zero-order valence-corrected chi connectivity index (χ0v) is 84.2. The topological polar surface area (TPSA) is 501 Å². The van der Waals surface area contributed by atoms with E-state index < -0.39 is 114 Å². The Hall–Kier alpha value is -10.7. The summed E-state index contributed by atoms with van der Waals surface area (Å²) in [6.45, 7) is 18.2. The van der Waals surface area contributed by atoms with Crippen LogP contribution in [0.4, 0.5) is 28.4 Å². The number of likely N-dealkylation sites (tertiary alicyclic amines) is 5. The monoisotopic (exact) mass is 2010 g/mol. The minimum Gasteiger partial charge on any atom is -0.508 e. The van der Waals surface area contributed by atoms with Crippen LogP contribution in [-0.4, -0.2) is 305 Å². The van der Waals surface area contributed by atoms with Gasteiger partial charge in [-0.25, -0.2) is 28.4 Å². The maximum Gasteiger partial charge on any atom is 0.325 e. The molecule has 10 heterocycles. The molecule has 11 aliphatic carbocycles. The summed E-state index contributed by atoms with van der Waals surface area (Å²) >= 11 is 0. The van der Waals surface area contributed by atoms with Crippen molar-refractivity contribution in [3.05, 3.63) is 147 Å². The molecule has 10 aliphatic heterocycles. The summed E-state index contributed by atoms with van der Waals surface area (Å²) in [6, 6.07) is 24.4. The van der Waals surface area contributed by atoms with E-state index in [1.807, 2.05) is 35.2 Å². The zero-order chi connectivity index (χ0) is 103. The number of nitrogens with zero attached hydrogens (tertiary/aromatic N) is 6. The number of fused-ring (bicyclic) bond motifs is 5. The molecule has 20 atom stereocenters. The van der Waals surface area contributed by atoms with Gasteiger partial charge in [-0.15, -0.1) is 0 Å². The number of carbonyl (C=O) groups is 10. The quantitative estimate of drug-likeness (QED) is 0.0618. The van der Waals surface area contributed by atoms with Gasteiger partial charge in [0.1, 0.15) is 63.1 Å².